The Kier molecular flexibility index (Phi) is 4.51. The van der Waals surface area contributed by atoms with Crippen LogP contribution in [0.25, 0.3) is 0 Å². The Morgan fingerprint density at radius 2 is 2.05 bits per heavy atom. The molecule has 0 saturated carbocycles. The highest BCUT2D eigenvalue weighted by molar-refractivity contribution is 5.70. The van der Waals surface area contributed by atoms with Gasteiger partial charge in [0.25, 0.3) is 0 Å². The number of esters is 1. The third kappa shape index (κ3) is 4.18. The summed E-state index contributed by atoms with van der Waals surface area (Å²) in [6, 6.07) is 1.27. The molecule has 4 nitrogen and oxygen atoms in total. The molecule has 0 bridgehead atoms. The molecule has 4 heteroatoms. The molecule has 2 heterocycles. The molecule has 2 atom stereocenters. The zero-order valence-electron chi connectivity index (χ0n) is 12.8. The van der Waals surface area contributed by atoms with Gasteiger partial charge in [-0.05, 0) is 47.1 Å². The maximum atomic E-state index is 11.8. The number of hydrogen-bond donors (Lipinski definition) is 0. The summed E-state index contributed by atoms with van der Waals surface area (Å²) in [6.07, 6.45) is 3.15. The molecule has 0 radical (unpaired) electrons. The molecular weight excluding hydrogens is 240 g/mol. The van der Waals surface area contributed by atoms with Crippen molar-refractivity contribution < 1.29 is 9.53 Å². The van der Waals surface area contributed by atoms with Crippen LogP contribution >= 0.6 is 0 Å². The Morgan fingerprint density at radius 3 is 2.74 bits per heavy atom. The fourth-order valence-electron chi connectivity index (χ4n) is 3.19. The van der Waals surface area contributed by atoms with Crippen LogP contribution in [0, 0.1) is 0 Å². The molecule has 0 amide bonds. The van der Waals surface area contributed by atoms with Crippen molar-refractivity contribution >= 4 is 5.97 Å². The van der Waals surface area contributed by atoms with Crippen LogP contribution in [0.4, 0.5) is 0 Å². The number of nitrogens with zero attached hydrogens (tertiary/aromatic N) is 2. The molecule has 0 spiro atoms. The van der Waals surface area contributed by atoms with Crippen LogP contribution in [0.1, 0.15) is 47.0 Å². The van der Waals surface area contributed by atoms with E-state index in [0.717, 1.165) is 25.7 Å². The van der Waals surface area contributed by atoms with Crippen molar-refractivity contribution in [3.05, 3.63) is 0 Å². The van der Waals surface area contributed by atoms with Gasteiger partial charge in [0.2, 0.25) is 0 Å². The Bertz CT molecular complexity index is 325. The smallest absolute Gasteiger partial charge is 0.307 e. The topological polar surface area (TPSA) is 32.8 Å². The first-order chi connectivity index (χ1) is 8.85. The number of piperazine rings is 1. The fourth-order valence-corrected chi connectivity index (χ4v) is 3.19. The van der Waals surface area contributed by atoms with Gasteiger partial charge in [-0.25, -0.2) is 0 Å². The van der Waals surface area contributed by atoms with E-state index in [-0.39, 0.29) is 11.6 Å². The molecule has 0 aliphatic carbocycles. The van der Waals surface area contributed by atoms with Crippen LogP contribution in [0.15, 0.2) is 0 Å². The van der Waals surface area contributed by atoms with Crippen LogP contribution in [-0.2, 0) is 9.53 Å². The van der Waals surface area contributed by atoms with Gasteiger partial charge in [-0.15, -0.1) is 0 Å². The Morgan fingerprint density at radius 1 is 1.32 bits per heavy atom. The monoisotopic (exact) mass is 268 g/mol. The second kappa shape index (κ2) is 5.80. The van der Waals surface area contributed by atoms with Gasteiger partial charge in [0.15, 0.2) is 0 Å². The number of hydrogen-bond acceptors (Lipinski definition) is 4. The first kappa shape index (κ1) is 14.8. The van der Waals surface area contributed by atoms with Crippen LogP contribution in [0.3, 0.4) is 0 Å². The lowest BCUT2D eigenvalue weighted by Crippen LogP contribution is -2.55. The van der Waals surface area contributed by atoms with Crippen LogP contribution in [0.2, 0.25) is 0 Å². The van der Waals surface area contributed by atoms with Crippen LogP contribution < -0.4 is 0 Å². The summed E-state index contributed by atoms with van der Waals surface area (Å²) in [6.45, 7) is 12.4. The molecule has 2 aliphatic heterocycles. The van der Waals surface area contributed by atoms with Crippen LogP contribution in [0.5, 0.6) is 0 Å². The highest BCUT2D eigenvalue weighted by Crippen LogP contribution is 2.24. The van der Waals surface area contributed by atoms with Crippen molar-refractivity contribution in [2.24, 2.45) is 0 Å². The highest BCUT2D eigenvalue weighted by Gasteiger charge is 2.34. The number of fused-ring (bicyclic) bond motifs is 1. The number of carbonyl (C=O) groups is 1. The molecule has 0 aromatic rings. The molecule has 0 aromatic carbocycles. The summed E-state index contributed by atoms with van der Waals surface area (Å²) < 4.78 is 5.37. The van der Waals surface area contributed by atoms with Crippen molar-refractivity contribution in [2.45, 2.75) is 64.6 Å². The minimum atomic E-state index is -0.368. The van der Waals surface area contributed by atoms with E-state index < -0.39 is 0 Å². The van der Waals surface area contributed by atoms with E-state index in [2.05, 4.69) is 16.7 Å². The van der Waals surface area contributed by atoms with Crippen molar-refractivity contribution in [1.82, 2.24) is 9.80 Å². The van der Waals surface area contributed by atoms with Crippen molar-refractivity contribution in [2.75, 3.05) is 26.2 Å². The van der Waals surface area contributed by atoms with Gasteiger partial charge >= 0.3 is 5.97 Å². The average molecular weight is 268 g/mol. The molecule has 0 N–H and O–H groups in total. The standard InChI is InChI=1S/C15H28N2O2/c1-12-10-17-8-5-6-13(17)11-16(12)9-7-14(18)19-15(2,3)4/h12-13H,5-11H2,1-4H3. The van der Waals surface area contributed by atoms with Gasteiger partial charge < -0.3 is 4.74 Å². The average Bonchev–Trinajstić information content (AvgIpc) is 2.70. The van der Waals surface area contributed by atoms with E-state index in [1.165, 1.54) is 19.4 Å². The van der Waals surface area contributed by atoms with Gasteiger partial charge in [0.05, 0.1) is 6.42 Å². The Hall–Kier alpha value is -0.610. The van der Waals surface area contributed by atoms with Crippen molar-refractivity contribution in [3.63, 3.8) is 0 Å². The molecule has 2 saturated heterocycles. The molecule has 110 valence electrons. The minimum absolute atomic E-state index is 0.0754. The zero-order valence-corrected chi connectivity index (χ0v) is 12.8. The maximum Gasteiger partial charge on any atom is 0.307 e. The van der Waals surface area contributed by atoms with Crippen molar-refractivity contribution in [3.8, 4) is 0 Å². The predicted molar refractivity (Wildman–Crippen MR) is 76.1 cm³/mol. The maximum absolute atomic E-state index is 11.8. The molecule has 0 aromatic heterocycles. The molecule has 2 unspecified atom stereocenters. The first-order valence-corrected chi connectivity index (χ1v) is 7.55. The third-order valence-corrected chi connectivity index (χ3v) is 4.09. The lowest BCUT2D eigenvalue weighted by molar-refractivity contribution is -0.155. The van der Waals surface area contributed by atoms with E-state index in [1.807, 2.05) is 20.8 Å². The summed E-state index contributed by atoms with van der Waals surface area (Å²) in [4.78, 5) is 16.8. The van der Waals surface area contributed by atoms with Gasteiger partial charge in [-0.1, -0.05) is 0 Å². The summed E-state index contributed by atoms with van der Waals surface area (Å²) in [5.41, 5.74) is -0.368. The normalized spacial score (nSPS) is 29.3. The van der Waals surface area contributed by atoms with Crippen molar-refractivity contribution in [1.29, 1.82) is 0 Å². The second-order valence-electron chi connectivity index (χ2n) is 6.97. The van der Waals surface area contributed by atoms with E-state index in [1.54, 1.807) is 0 Å². The number of ether oxygens (including phenoxy) is 1. The Labute approximate surface area is 117 Å². The lowest BCUT2D eigenvalue weighted by atomic mass is 10.1. The van der Waals surface area contributed by atoms with Gasteiger partial charge in [0.1, 0.15) is 5.60 Å². The fraction of sp³-hybridized carbons (Fsp3) is 0.933. The summed E-state index contributed by atoms with van der Waals surface area (Å²) in [7, 11) is 0. The molecule has 2 fully saturated rings. The first-order valence-electron chi connectivity index (χ1n) is 7.55. The number of rotatable bonds is 3. The van der Waals surface area contributed by atoms with Gasteiger partial charge in [-0.2, -0.15) is 0 Å². The predicted octanol–water partition coefficient (Wildman–Crippen LogP) is 1.89. The molecule has 2 aliphatic rings. The molecule has 19 heavy (non-hydrogen) atoms. The summed E-state index contributed by atoms with van der Waals surface area (Å²) in [5, 5.41) is 0. The quantitative estimate of drug-likeness (QED) is 0.732. The lowest BCUT2D eigenvalue weighted by Gasteiger charge is -2.42. The summed E-state index contributed by atoms with van der Waals surface area (Å²) >= 11 is 0. The van der Waals surface area contributed by atoms with E-state index >= 15 is 0 Å². The third-order valence-electron chi connectivity index (χ3n) is 4.09. The zero-order chi connectivity index (χ0) is 14.0. The van der Waals surface area contributed by atoms with Crippen LogP contribution in [-0.4, -0.2) is 59.6 Å². The SMILES string of the molecule is CC1CN2CCCC2CN1CCC(=O)OC(C)(C)C. The van der Waals surface area contributed by atoms with Gasteiger partial charge in [-0.3, -0.25) is 14.6 Å². The van der Waals surface area contributed by atoms with E-state index in [0.29, 0.717) is 12.5 Å². The largest absolute Gasteiger partial charge is 0.460 e. The number of carbonyl (C=O) groups excluding carboxylic acids is 1. The minimum Gasteiger partial charge on any atom is -0.460 e. The highest BCUT2D eigenvalue weighted by atomic mass is 16.6. The van der Waals surface area contributed by atoms with Gasteiger partial charge in [0, 0.05) is 31.7 Å². The molecule has 2 rings (SSSR count). The van der Waals surface area contributed by atoms with E-state index in [4.69, 9.17) is 4.74 Å². The Balaban J connectivity index is 1.77. The second-order valence-corrected chi connectivity index (χ2v) is 6.97. The summed E-state index contributed by atoms with van der Waals surface area (Å²) in [5.74, 6) is -0.0754. The van der Waals surface area contributed by atoms with E-state index in [9.17, 15) is 4.79 Å². The molecular formula is C15H28N2O2.